The molecule has 0 bridgehead atoms. The zero-order valence-corrected chi connectivity index (χ0v) is 20.7. The normalized spacial score (nSPS) is 12.2. The van der Waals surface area contributed by atoms with Gasteiger partial charge in [-0.3, -0.25) is 4.99 Å². The molecule has 2 N–H and O–H groups in total. The van der Waals surface area contributed by atoms with Crippen molar-refractivity contribution < 1.29 is 13.5 Å². The molecule has 3 aromatic rings. The third-order valence-electron chi connectivity index (χ3n) is 4.67. The minimum Gasteiger partial charge on any atom is -0.444 e. The summed E-state index contributed by atoms with van der Waals surface area (Å²) in [4.78, 5) is 8.71. The first-order valence-corrected chi connectivity index (χ1v) is 10.4. The van der Waals surface area contributed by atoms with Gasteiger partial charge < -0.3 is 19.8 Å². The number of oxazole rings is 1. The lowest BCUT2D eigenvalue weighted by atomic mass is 10.2. The van der Waals surface area contributed by atoms with Crippen molar-refractivity contribution in [1.29, 1.82) is 0 Å². The average Bonchev–Trinajstić information content (AvgIpc) is 3.26. The fraction of sp³-hybridized carbons (Fsp3) is 0.333. The first-order chi connectivity index (χ1) is 15.1. The molecule has 1 aromatic heterocycles. The van der Waals surface area contributed by atoms with Crippen LogP contribution in [0.15, 0.2) is 70.3 Å². The largest absolute Gasteiger partial charge is 0.444 e. The van der Waals surface area contributed by atoms with E-state index in [1.165, 1.54) is 17.7 Å². The van der Waals surface area contributed by atoms with Crippen molar-refractivity contribution >= 4 is 29.9 Å². The Kier molecular flexibility index (Phi) is 11.2. The number of nitrogens with one attached hydrogen (secondary N) is 2. The van der Waals surface area contributed by atoms with E-state index in [-0.39, 0.29) is 29.8 Å². The summed E-state index contributed by atoms with van der Waals surface area (Å²) in [6.45, 7) is 4.85. The number of ether oxygens (including phenoxy) is 1. The number of halogens is 2. The molecule has 32 heavy (non-hydrogen) atoms. The molecule has 0 radical (unpaired) electrons. The van der Waals surface area contributed by atoms with Gasteiger partial charge in [-0.2, -0.15) is 0 Å². The van der Waals surface area contributed by atoms with Gasteiger partial charge in [0, 0.05) is 32.1 Å². The molecule has 8 heteroatoms. The van der Waals surface area contributed by atoms with Crippen LogP contribution in [0.3, 0.4) is 0 Å². The summed E-state index contributed by atoms with van der Waals surface area (Å²) in [7, 11) is 1.74. The Morgan fingerprint density at radius 3 is 2.59 bits per heavy atom. The molecule has 1 unspecified atom stereocenters. The number of aliphatic imine (C=N–C) groups is 1. The zero-order chi connectivity index (χ0) is 21.9. The number of benzene rings is 2. The molecule has 0 aliphatic carbocycles. The molecule has 1 atom stereocenters. The Morgan fingerprint density at radius 1 is 1.12 bits per heavy atom. The highest BCUT2D eigenvalue weighted by molar-refractivity contribution is 14.0. The standard InChI is InChI=1S/C24H29FN4O2.HI/c1-18(15-30-16-19-6-4-3-5-7-19)14-28-24(26-2)27-13-12-22-17-31-23(29-22)20-8-10-21(25)11-9-20;/h3-11,17-18H,12-16H2,1-2H3,(H2,26,27,28);1H. The topological polar surface area (TPSA) is 71.7 Å². The quantitative estimate of drug-likeness (QED) is 0.218. The Morgan fingerprint density at radius 2 is 1.88 bits per heavy atom. The smallest absolute Gasteiger partial charge is 0.226 e. The number of rotatable bonds is 10. The summed E-state index contributed by atoms with van der Waals surface area (Å²) in [6.07, 6.45) is 2.31. The Labute approximate surface area is 205 Å². The predicted molar refractivity (Wildman–Crippen MR) is 136 cm³/mol. The first kappa shape index (κ1) is 25.8. The maximum Gasteiger partial charge on any atom is 0.226 e. The minimum atomic E-state index is -0.282. The fourth-order valence-electron chi connectivity index (χ4n) is 2.96. The summed E-state index contributed by atoms with van der Waals surface area (Å²) < 4.78 is 24.3. The van der Waals surface area contributed by atoms with E-state index >= 15 is 0 Å². The van der Waals surface area contributed by atoms with Gasteiger partial charge in [0.2, 0.25) is 5.89 Å². The van der Waals surface area contributed by atoms with E-state index in [1.807, 2.05) is 18.2 Å². The van der Waals surface area contributed by atoms with E-state index in [0.717, 1.165) is 23.8 Å². The minimum absolute atomic E-state index is 0. The van der Waals surface area contributed by atoms with Crippen molar-refractivity contribution in [3.8, 4) is 11.5 Å². The second-order valence-corrected chi connectivity index (χ2v) is 7.39. The summed E-state index contributed by atoms with van der Waals surface area (Å²) >= 11 is 0. The fourth-order valence-corrected chi connectivity index (χ4v) is 2.96. The van der Waals surface area contributed by atoms with E-state index in [2.05, 4.69) is 39.7 Å². The number of hydrogen-bond donors (Lipinski definition) is 2. The molecule has 0 amide bonds. The third-order valence-corrected chi connectivity index (χ3v) is 4.67. The van der Waals surface area contributed by atoms with Crippen LogP contribution >= 0.6 is 24.0 Å². The van der Waals surface area contributed by atoms with Crippen LogP contribution in [0.2, 0.25) is 0 Å². The molecular weight excluding hydrogens is 522 g/mol. The second kappa shape index (κ2) is 13.8. The highest BCUT2D eigenvalue weighted by Crippen LogP contribution is 2.18. The average molecular weight is 552 g/mol. The third kappa shape index (κ3) is 8.58. The number of guanidine groups is 1. The molecule has 3 rings (SSSR count). The Balaban J connectivity index is 0.00000363. The van der Waals surface area contributed by atoms with Crippen LogP contribution in [0, 0.1) is 11.7 Å². The van der Waals surface area contributed by atoms with E-state index in [4.69, 9.17) is 9.15 Å². The molecule has 0 fully saturated rings. The number of hydrogen-bond acceptors (Lipinski definition) is 4. The second-order valence-electron chi connectivity index (χ2n) is 7.39. The predicted octanol–water partition coefficient (Wildman–Crippen LogP) is 4.66. The van der Waals surface area contributed by atoms with Gasteiger partial charge in [0.1, 0.15) is 12.1 Å². The SMILES string of the molecule is CN=C(NCCc1coc(-c2ccc(F)cc2)n1)NCC(C)COCc1ccccc1.I. The summed E-state index contributed by atoms with van der Waals surface area (Å²) in [5, 5.41) is 6.60. The molecule has 0 saturated carbocycles. The van der Waals surface area contributed by atoms with Gasteiger partial charge in [0.05, 0.1) is 18.9 Å². The van der Waals surface area contributed by atoms with Gasteiger partial charge in [-0.05, 0) is 35.7 Å². The van der Waals surface area contributed by atoms with Crippen LogP contribution in [-0.4, -0.2) is 37.7 Å². The highest BCUT2D eigenvalue weighted by Gasteiger charge is 2.08. The van der Waals surface area contributed by atoms with E-state index in [1.54, 1.807) is 25.4 Å². The van der Waals surface area contributed by atoms with Crippen molar-refractivity contribution in [1.82, 2.24) is 15.6 Å². The lowest BCUT2D eigenvalue weighted by Crippen LogP contribution is -2.40. The highest BCUT2D eigenvalue weighted by atomic mass is 127. The molecule has 0 aliphatic heterocycles. The monoisotopic (exact) mass is 552 g/mol. The van der Waals surface area contributed by atoms with E-state index in [0.29, 0.717) is 38.0 Å². The van der Waals surface area contributed by atoms with Gasteiger partial charge in [-0.25, -0.2) is 9.37 Å². The van der Waals surface area contributed by atoms with Gasteiger partial charge >= 0.3 is 0 Å². The van der Waals surface area contributed by atoms with Crippen molar-refractivity contribution in [2.24, 2.45) is 10.9 Å². The molecule has 2 aromatic carbocycles. The van der Waals surface area contributed by atoms with Crippen LogP contribution in [0.4, 0.5) is 4.39 Å². The molecule has 6 nitrogen and oxygen atoms in total. The van der Waals surface area contributed by atoms with E-state index in [9.17, 15) is 4.39 Å². The van der Waals surface area contributed by atoms with Crippen molar-refractivity contribution in [2.75, 3.05) is 26.7 Å². The maximum absolute atomic E-state index is 13.0. The molecule has 0 saturated heterocycles. The van der Waals surface area contributed by atoms with Crippen LogP contribution in [-0.2, 0) is 17.8 Å². The summed E-state index contributed by atoms with van der Waals surface area (Å²) in [5.74, 6) is 1.28. The van der Waals surface area contributed by atoms with Gasteiger partial charge in [-0.15, -0.1) is 24.0 Å². The van der Waals surface area contributed by atoms with E-state index < -0.39 is 0 Å². The summed E-state index contributed by atoms with van der Waals surface area (Å²) in [6, 6.07) is 16.2. The van der Waals surface area contributed by atoms with Crippen LogP contribution in [0.1, 0.15) is 18.2 Å². The van der Waals surface area contributed by atoms with Crippen LogP contribution in [0.5, 0.6) is 0 Å². The van der Waals surface area contributed by atoms with Gasteiger partial charge in [-0.1, -0.05) is 37.3 Å². The van der Waals surface area contributed by atoms with Crippen LogP contribution in [0.25, 0.3) is 11.5 Å². The Hall–Kier alpha value is -2.46. The lowest BCUT2D eigenvalue weighted by molar-refractivity contribution is 0.0931. The van der Waals surface area contributed by atoms with Crippen molar-refractivity contribution in [2.45, 2.75) is 20.0 Å². The first-order valence-electron chi connectivity index (χ1n) is 10.4. The zero-order valence-electron chi connectivity index (χ0n) is 18.4. The Bertz CT molecular complexity index is 948. The van der Waals surface area contributed by atoms with Gasteiger partial charge in [0.15, 0.2) is 5.96 Å². The molecule has 1 heterocycles. The van der Waals surface area contributed by atoms with Crippen molar-refractivity contribution in [3.05, 3.63) is 77.9 Å². The number of nitrogens with zero attached hydrogens (tertiary/aromatic N) is 2. The molecular formula is C24H30FIN4O2. The van der Waals surface area contributed by atoms with Crippen LogP contribution < -0.4 is 10.6 Å². The summed E-state index contributed by atoms with van der Waals surface area (Å²) in [5.41, 5.74) is 2.75. The molecule has 0 spiro atoms. The number of aromatic nitrogens is 1. The molecule has 172 valence electrons. The van der Waals surface area contributed by atoms with Gasteiger partial charge in [0.25, 0.3) is 0 Å². The molecule has 0 aliphatic rings. The maximum atomic E-state index is 13.0. The lowest BCUT2D eigenvalue weighted by Gasteiger charge is -2.16. The van der Waals surface area contributed by atoms with Crippen molar-refractivity contribution in [3.63, 3.8) is 0 Å².